The van der Waals surface area contributed by atoms with Gasteiger partial charge in [0.15, 0.2) is 11.5 Å². The Bertz CT molecular complexity index is 435. The minimum Gasteiger partial charge on any atom is -0.490 e. The summed E-state index contributed by atoms with van der Waals surface area (Å²) in [6.45, 7) is 5.03. The summed E-state index contributed by atoms with van der Waals surface area (Å²) in [5.41, 5.74) is 5.95. The average Bonchev–Trinajstić information content (AvgIpc) is 2.73. The molecule has 3 N–H and O–H groups in total. The SMILES string of the molecule is CCOc1ccc(C2(O)CCC(N)C2)cc1OCC. The monoisotopic (exact) mass is 265 g/mol. The van der Waals surface area contributed by atoms with Gasteiger partial charge in [0, 0.05) is 6.04 Å². The Balaban J connectivity index is 2.29. The summed E-state index contributed by atoms with van der Waals surface area (Å²) in [6, 6.07) is 5.73. The summed E-state index contributed by atoms with van der Waals surface area (Å²) in [6.07, 6.45) is 2.16. The van der Waals surface area contributed by atoms with Crippen molar-refractivity contribution in [1.82, 2.24) is 0 Å². The van der Waals surface area contributed by atoms with Crippen molar-refractivity contribution in [2.45, 2.75) is 44.8 Å². The molecule has 106 valence electrons. The molecule has 0 spiro atoms. The molecule has 0 saturated heterocycles. The maximum atomic E-state index is 10.7. The van der Waals surface area contributed by atoms with E-state index in [0.717, 1.165) is 17.7 Å². The van der Waals surface area contributed by atoms with E-state index < -0.39 is 5.60 Å². The first kappa shape index (κ1) is 14.2. The van der Waals surface area contributed by atoms with Crippen LogP contribution in [-0.2, 0) is 5.60 Å². The van der Waals surface area contributed by atoms with Gasteiger partial charge in [-0.2, -0.15) is 0 Å². The third-order valence-electron chi connectivity index (χ3n) is 3.61. The van der Waals surface area contributed by atoms with Crippen LogP contribution in [0.2, 0.25) is 0 Å². The van der Waals surface area contributed by atoms with Gasteiger partial charge in [-0.25, -0.2) is 0 Å². The number of ether oxygens (including phenoxy) is 2. The van der Waals surface area contributed by atoms with Gasteiger partial charge < -0.3 is 20.3 Å². The average molecular weight is 265 g/mol. The van der Waals surface area contributed by atoms with Gasteiger partial charge >= 0.3 is 0 Å². The second-order valence-electron chi connectivity index (χ2n) is 5.06. The Morgan fingerprint density at radius 2 is 1.95 bits per heavy atom. The number of benzene rings is 1. The van der Waals surface area contributed by atoms with Crippen molar-refractivity contribution in [3.63, 3.8) is 0 Å². The lowest BCUT2D eigenvalue weighted by Crippen LogP contribution is -2.25. The molecule has 1 aliphatic carbocycles. The normalized spacial score (nSPS) is 26.4. The van der Waals surface area contributed by atoms with E-state index in [-0.39, 0.29) is 6.04 Å². The van der Waals surface area contributed by atoms with Crippen molar-refractivity contribution >= 4 is 0 Å². The maximum absolute atomic E-state index is 10.7. The molecule has 0 bridgehead atoms. The van der Waals surface area contributed by atoms with Gasteiger partial charge in [-0.3, -0.25) is 0 Å². The van der Waals surface area contributed by atoms with E-state index in [2.05, 4.69) is 0 Å². The Hall–Kier alpha value is -1.26. The third kappa shape index (κ3) is 3.01. The molecule has 1 aromatic rings. The Morgan fingerprint density at radius 3 is 2.53 bits per heavy atom. The fourth-order valence-corrected chi connectivity index (χ4v) is 2.66. The molecule has 1 aliphatic rings. The van der Waals surface area contributed by atoms with E-state index in [0.29, 0.717) is 31.8 Å². The lowest BCUT2D eigenvalue weighted by atomic mass is 9.91. The number of aliphatic hydroxyl groups is 1. The van der Waals surface area contributed by atoms with Gasteiger partial charge in [0.25, 0.3) is 0 Å². The maximum Gasteiger partial charge on any atom is 0.161 e. The second kappa shape index (κ2) is 5.80. The number of hydrogen-bond acceptors (Lipinski definition) is 4. The van der Waals surface area contributed by atoms with Gasteiger partial charge in [0.1, 0.15) is 0 Å². The summed E-state index contributed by atoms with van der Waals surface area (Å²) < 4.78 is 11.1. The quantitative estimate of drug-likeness (QED) is 0.856. The zero-order chi connectivity index (χ0) is 13.9. The Morgan fingerprint density at radius 1 is 1.26 bits per heavy atom. The predicted molar refractivity (Wildman–Crippen MR) is 74.5 cm³/mol. The van der Waals surface area contributed by atoms with Crippen LogP contribution in [0.4, 0.5) is 0 Å². The standard InChI is InChI=1S/C15H23NO3/c1-3-18-13-6-5-11(9-14(13)19-4-2)15(17)8-7-12(16)10-15/h5-6,9,12,17H,3-4,7-8,10,16H2,1-2H3. The van der Waals surface area contributed by atoms with E-state index in [1.54, 1.807) is 0 Å². The first-order valence-electron chi connectivity index (χ1n) is 6.97. The minimum atomic E-state index is -0.823. The number of hydrogen-bond donors (Lipinski definition) is 2. The summed E-state index contributed by atoms with van der Waals surface area (Å²) in [4.78, 5) is 0. The molecule has 1 fully saturated rings. The number of rotatable bonds is 5. The van der Waals surface area contributed by atoms with Crippen LogP contribution in [0.15, 0.2) is 18.2 Å². The van der Waals surface area contributed by atoms with Crippen LogP contribution in [0.3, 0.4) is 0 Å². The van der Waals surface area contributed by atoms with Crippen molar-refractivity contribution < 1.29 is 14.6 Å². The van der Waals surface area contributed by atoms with Crippen molar-refractivity contribution in [2.24, 2.45) is 5.73 Å². The molecule has 1 saturated carbocycles. The van der Waals surface area contributed by atoms with E-state index in [1.165, 1.54) is 0 Å². The molecular formula is C15H23NO3. The van der Waals surface area contributed by atoms with Gasteiger partial charge in [-0.15, -0.1) is 0 Å². The minimum absolute atomic E-state index is 0.0760. The number of nitrogens with two attached hydrogens (primary N) is 1. The summed E-state index contributed by atoms with van der Waals surface area (Å²) in [5, 5.41) is 10.7. The van der Waals surface area contributed by atoms with E-state index in [1.807, 2.05) is 32.0 Å². The molecular weight excluding hydrogens is 242 g/mol. The topological polar surface area (TPSA) is 64.7 Å². The zero-order valence-corrected chi connectivity index (χ0v) is 11.7. The van der Waals surface area contributed by atoms with Crippen molar-refractivity contribution in [1.29, 1.82) is 0 Å². The molecule has 2 atom stereocenters. The van der Waals surface area contributed by atoms with Gasteiger partial charge in [0.05, 0.1) is 18.8 Å². The lowest BCUT2D eigenvalue weighted by molar-refractivity contribution is 0.0427. The van der Waals surface area contributed by atoms with Crippen LogP contribution in [0.5, 0.6) is 11.5 Å². The molecule has 2 rings (SSSR count). The second-order valence-corrected chi connectivity index (χ2v) is 5.06. The molecule has 0 aromatic heterocycles. The van der Waals surface area contributed by atoms with Crippen LogP contribution >= 0.6 is 0 Å². The summed E-state index contributed by atoms with van der Waals surface area (Å²) in [7, 11) is 0. The van der Waals surface area contributed by atoms with Gasteiger partial charge in [-0.1, -0.05) is 6.07 Å². The van der Waals surface area contributed by atoms with Crippen molar-refractivity contribution in [3.05, 3.63) is 23.8 Å². The van der Waals surface area contributed by atoms with Crippen LogP contribution < -0.4 is 15.2 Å². The van der Waals surface area contributed by atoms with Crippen LogP contribution in [0, 0.1) is 0 Å². The molecule has 1 aromatic carbocycles. The van der Waals surface area contributed by atoms with Gasteiger partial charge in [0.2, 0.25) is 0 Å². The van der Waals surface area contributed by atoms with E-state index in [4.69, 9.17) is 15.2 Å². The first-order chi connectivity index (χ1) is 9.09. The Kier molecular flexibility index (Phi) is 4.32. The molecule has 0 radical (unpaired) electrons. The molecule has 19 heavy (non-hydrogen) atoms. The molecule has 2 unspecified atom stereocenters. The highest BCUT2D eigenvalue weighted by molar-refractivity contribution is 5.45. The predicted octanol–water partition coefficient (Wildman–Crippen LogP) is 2.18. The molecule has 0 heterocycles. The highest BCUT2D eigenvalue weighted by Gasteiger charge is 2.37. The fraction of sp³-hybridized carbons (Fsp3) is 0.600. The Labute approximate surface area is 114 Å². The van der Waals surface area contributed by atoms with E-state index >= 15 is 0 Å². The summed E-state index contributed by atoms with van der Waals surface area (Å²) in [5.74, 6) is 1.41. The first-order valence-corrected chi connectivity index (χ1v) is 6.97. The van der Waals surface area contributed by atoms with Gasteiger partial charge in [-0.05, 0) is 50.8 Å². The fourth-order valence-electron chi connectivity index (χ4n) is 2.66. The highest BCUT2D eigenvalue weighted by Crippen LogP contribution is 2.41. The molecule has 0 amide bonds. The largest absolute Gasteiger partial charge is 0.490 e. The van der Waals surface area contributed by atoms with Crippen LogP contribution in [0.25, 0.3) is 0 Å². The zero-order valence-electron chi connectivity index (χ0n) is 11.7. The smallest absolute Gasteiger partial charge is 0.161 e. The summed E-state index contributed by atoms with van der Waals surface area (Å²) >= 11 is 0. The van der Waals surface area contributed by atoms with E-state index in [9.17, 15) is 5.11 Å². The van der Waals surface area contributed by atoms with Crippen molar-refractivity contribution in [3.8, 4) is 11.5 Å². The molecule has 0 aliphatic heterocycles. The molecule has 4 heteroatoms. The van der Waals surface area contributed by atoms with Crippen molar-refractivity contribution in [2.75, 3.05) is 13.2 Å². The van der Waals surface area contributed by atoms with Crippen LogP contribution in [0.1, 0.15) is 38.7 Å². The lowest BCUT2D eigenvalue weighted by Gasteiger charge is -2.24. The molecule has 4 nitrogen and oxygen atoms in total. The highest BCUT2D eigenvalue weighted by atomic mass is 16.5. The third-order valence-corrected chi connectivity index (χ3v) is 3.61. The van der Waals surface area contributed by atoms with Crippen LogP contribution in [-0.4, -0.2) is 24.4 Å².